The van der Waals surface area contributed by atoms with Gasteiger partial charge in [-0.3, -0.25) is 0 Å². The van der Waals surface area contributed by atoms with Gasteiger partial charge in [0.2, 0.25) is 0 Å². The lowest BCUT2D eigenvalue weighted by molar-refractivity contribution is 0.415. The summed E-state index contributed by atoms with van der Waals surface area (Å²) in [5, 5.41) is 18.1. The molecule has 0 aliphatic heterocycles. The molecule has 2 aromatic carbocycles. The Bertz CT molecular complexity index is 636. The zero-order valence-corrected chi connectivity index (χ0v) is 12.3. The van der Waals surface area contributed by atoms with Gasteiger partial charge in [-0.1, -0.05) is 12.1 Å². The molecule has 1 atom stereocenters. The molecule has 0 aliphatic rings. The van der Waals surface area contributed by atoms with Crippen molar-refractivity contribution in [2.75, 3.05) is 7.11 Å². The Kier molecular flexibility index (Phi) is 4.60. The van der Waals surface area contributed by atoms with Crippen molar-refractivity contribution in [1.29, 1.82) is 5.41 Å². The van der Waals surface area contributed by atoms with Gasteiger partial charge in [0.05, 0.1) is 7.11 Å². The topological polar surface area (TPSA) is 79.3 Å². The van der Waals surface area contributed by atoms with Crippen LogP contribution in [0.4, 0.5) is 0 Å². The second kappa shape index (κ2) is 6.41. The van der Waals surface area contributed by atoms with E-state index < -0.39 is 6.04 Å². The van der Waals surface area contributed by atoms with Crippen LogP contribution in [0.5, 0.6) is 11.5 Å². The molecular weight excluding hydrogens is 264 g/mol. The second-order valence-corrected chi connectivity index (χ2v) is 5.08. The fourth-order valence-electron chi connectivity index (χ4n) is 2.21. The van der Waals surface area contributed by atoms with Gasteiger partial charge in [0.1, 0.15) is 11.5 Å². The van der Waals surface area contributed by atoms with Gasteiger partial charge < -0.3 is 21.0 Å². The molecule has 0 aliphatic carbocycles. The first-order valence-corrected chi connectivity index (χ1v) is 6.78. The van der Waals surface area contributed by atoms with Crippen LogP contribution in [-0.2, 0) is 0 Å². The molecule has 2 rings (SSSR count). The molecule has 21 heavy (non-hydrogen) atoms. The normalized spacial score (nSPS) is 12.0. The molecule has 0 aromatic heterocycles. The van der Waals surface area contributed by atoms with Gasteiger partial charge in [-0.2, -0.15) is 0 Å². The summed E-state index contributed by atoms with van der Waals surface area (Å²) in [5.41, 5.74) is 9.00. The summed E-state index contributed by atoms with van der Waals surface area (Å²) >= 11 is 0. The number of methoxy groups -OCH3 is 1. The molecule has 0 spiro atoms. The number of nitrogens with two attached hydrogens (primary N) is 1. The van der Waals surface area contributed by atoms with Gasteiger partial charge in [-0.05, 0) is 48.4 Å². The van der Waals surface area contributed by atoms with Crippen LogP contribution in [0, 0.1) is 12.3 Å². The molecule has 0 amide bonds. The van der Waals surface area contributed by atoms with Crippen molar-refractivity contribution >= 4 is 5.71 Å². The van der Waals surface area contributed by atoms with Gasteiger partial charge in [-0.25, -0.2) is 0 Å². The van der Waals surface area contributed by atoms with Crippen molar-refractivity contribution in [2.45, 2.75) is 19.4 Å². The number of phenols is 1. The molecule has 0 heterocycles. The van der Waals surface area contributed by atoms with E-state index in [0.717, 1.165) is 16.9 Å². The number of nitrogens with one attached hydrogen (secondary N) is 1. The van der Waals surface area contributed by atoms with E-state index >= 15 is 0 Å². The lowest BCUT2D eigenvalue weighted by Crippen LogP contribution is -2.15. The van der Waals surface area contributed by atoms with Crippen molar-refractivity contribution in [1.82, 2.24) is 0 Å². The van der Waals surface area contributed by atoms with E-state index in [1.165, 1.54) is 0 Å². The highest BCUT2D eigenvalue weighted by Gasteiger charge is 2.14. The fraction of sp³-hybridized carbons (Fsp3) is 0.235. The molecule has 0 bridgehead atoms. The van der Waals surface area contributed by atoms with Crippen LogP contribution in [-0.4, -0.2) is 17.9 Å². The van der Waals surface area contributed by atoms with Gasteiger partial charge in [0.25, 0.3) is 0 Å². The van der Waals surface area contributed by atoms with Crippen LogP contribution in [0.2, 0.25) is 0 Å². The molecule has 4 heteroatoms. The van der Waals surface area contributed by atoms with E-state index in [9.17, 15) is 5.11 Å². The maximum Gasteiger partial charge on any atom is 0.120 e. The van der Waals surface area contributed by atoms with Crippen molar-refractivity contribution in [2.24, 2.45) is 5.73 Å². The van der Waals surface area contributed by atoms with Crippen molar-refractivity contribution < 1.29 is 9.84 Å². The smallest absolute Gasteiger partial charge is 0.120 e. The number of phenolic OH excluding ortho intramolecular Hbond substituents is 1. The maximum atomic E-state index is 9.95. The molecule has 4 N–H and O–H groups in total. The monoisotopic (exact) mass is 284 g/mol. The highest BCUT2D eigenvalue weighted by Crippen LogP contribution is 2.27. The Labute approximate surface area is 124 Å². The predicted octanol–water partition coefficient (Wildman–Crippen LogP) is 3.17. The first-order valence-electron chi connectivity index (χ1n) is 6.78. The van der Waals surface area contributed by atoms with Gasteiger partial charge >= 0.3 is 0 Å². The zero-order valence-electron chi connectivity index (χ0n) is 12.3. The van der Waals surface area contributed by atoms with Crippen LogP contribution in [0.1, 0.15) is 29.2 Å². The third-order valence-electron chi connectivity index (χ3n) is 3.45. The fourth-order valence-corrected chi connectivity index (χ4v) is 2.21. The summed E-state index contributed by atoms with van der Waals surface area (Å²) in [4.78, 5) is 0. The molecule has 0 saturated heterocycles. The predicted molar refractivity (Wildman–Crippen MR) is 84.2 cm³/mol. The Morgan fingerprint density at radius 3 is 2.48 bits per heavy atom. The first-order chi connectivity index (χ1) is 10.0. The van der Waals surface area contributed by atoms with Crippen LogP contribution >= 0.6 is 0 Å². The quantitative estimate of drug-likeness (QED) is 0.738. The number of benzene rings is 2. The minimum Gasteiger partial charge on any atom is -0.508 e. The molecule has 1 unspecified atom stereocenters. The zero-order chi connectivity index (χ0) is 15.4. The number of hydrogen-bond acceptors (Lipinski definition) is 4. The molecule has 0 radical (unpaired) electrons. The van der Waals surface area contributed by atoms with E-state index in [-0.39, 0.29) is 5.75 Å². The molecule has 4 nitrogen and oxygen atoms in total. The summed E-state index contributed by atoms with van der Waals surface area (Å²) in [6.07, 6.45) is 0.364. The van der Waals surface area contributed by atoms with E-state index in [1.807, 2.05) is 43.3 Å². The number of aryl methyl sites for hydroxylation is 1. The summed E-state index contributed by atoms with van der Waals surface area (Å²) in [6, 6.07) is 12.3. The number of rotatable bonds is 5. The third kappa shape index (κ3) is 3.61. The molecular formula is C17H20N2O2. The van der Waals surface area contributed by atoms with E-state index in [1.54, 1.807) is 13.2 Å². The molecule has 0 fully saturated rings. The second-order valence-electron chi connectivity index (χ2n) is 5.08. The molecule has 0 saturated carbocycles. The summed E-state index contributed by atoms with van der Waals surface area (Å²) in [5.74, 6) is 0.942. The first kappa shape index (κ1) is 15.1. The maximum absolute atomic E-state index is 9.95. The average Bonchev–Trinajstić information content (AvgIpc) is 2.47. The minimum absolute atomic E-state index is 0.185. The highest BCUT2D eigenvalue weighted by atomic mass is 16.5. The Morgan fingerprint density at radius 2 is 1.90 bits per heavy atom. The van der Waals surface area contributed by atoms with E-state index in [4.69, 9.17) is 15.9 Å². The Hall–Kier alpha value is -2.33. The summed E-state index contributed by atoms with van der Waals surface area (Å²) in [6.45, 7) is 1.91. The van der Waals surface area contributed by atoms with Gasteiger partial charge in [0.15, 0.2) is 0 Å². The van der Waals surface area contributed by atoms with Crippen molar-refractivity contribution in [3.63, 3.8) is 0 Å². The standard InChI is InChI=1S/C17H20N2O2/c1-11-3-8-14(17(20)9-11)16(19)10-15(18)12-4-6-13(21-2)7-5-12/h3-9,16,18,20H,10,19H2,1-2H3. The van der Waals surface area contributed by atoms with Crippen molar-refractivity contribution in [3.05, 3.63) is 59.2 Å². The van der Waals surface area contributed by atoms with Crippen molar-refractivity contribution in [3.8, 4) is 11.5 Å². The summed E-state index contributed by atoms with van der Waals surface area (Å²) < 4.78 is 5.10. The SMILES string of the molecule is COc1ccc(C(=N)CC(N)c2ccc(C)cc2O)cc1. The Morgan fingerprint density at radius 1 is 1.24 bits per heavy atom. The lowest BCUT2D eigenvalue weighted by atomic mass is 9.96. The van der Waals surface area contributed by atoms with Crippen LogP contribution in [0.15, 0.2) is 42.5 Å². The number of aromatic hydroxyl groups is 1. The number of ether oxygens (including phenoxy) is 1. The highest BCUT2D eigenvalue weighted by molar-refractivity contribution is 5.98. The van der Waals surface area contributed by atoms with E-state index in [0.29, 0.717) is 17.7 Å². The number of hydrogen-bond donors (Lipinski definition) is 3. The van der Waals surface area contributed by atoms with Gasteiger partial charge in [-0.15, -0.1) is 0 Å². The third-order valence-corrected chi connectivity index (χ3v) is 3.45. The largest absolute Gasteiger partial charge is 0.508 e. The van der Waals surface area contributed by atoms with Crippen LogP contribution in [0.3, 0.4) is 0 Å². The molecule has 110 valence electrons. The minimum atomic E-state index is -0.403. The van der Waals surface area contributed by atoms with E-state index in [2.05, 4.69) is 0 Å². The Balaban J connectivity index is 2.10. The van der Waals surface area contributed by atoms with Gasteiger partial charge in [0, 0.05) is 23.7 Å². The lowest BCUT2D eigenvalue weighted by Gasteiger charge is -2.15. The molecule has 2 aromatic rings. The van der Waals surface area contributed by atoms with Crippen LogP contribution in [0.25, 0.3) is 0 Å². The van der Waals surface area contributed by atoms with Crippen LogP contribution < -0.4 is 10.5 Å². The average molecular weight is 284 g/mol. The summed E-state index contributed by atoms with van der Waals surface area (Å²) in [7, 11) is 1.61.